The van der Waals surface area contributed by atoms with E-state index in [0.717, 1.165) is 56.5 Å². The Kier molecular flexibility index (Phi) is 10.5. The predicted octanol–water partition coefficient (Wildman–Crippen LogP) is 9.29. The summed E-state index contributed by atoms with van der Waals surface area (Å²) in [7, 11) is 0. The number of halogens is 2. The number of amides is 1. The molecule has 0 spiro atoms. The Morgan fingerprint density at radius 2 is 1.86 bits per heavy atom. The quantitative estimate of drug-likeness (QED) is 0.293. The van der Waals surface area contributed by atoms with Gasteiger partial charge in [0.1, 0.15) is 0 Å². The monoisotopic (exact) mass is 545 g/mol. The summed E-state index contributed by atoms with van der Waals surface area (Å²) in [5.74, 6) is 1.20. The summed E-state index contributed by atoms with van der Waals surface area (Å²) in [6.45, 7) is 11.8. The molecule has 2 aliphatic rings. The number of ether oxygens (including phenoxy) is 1. The van der Waals surface area contributed by atoms with Gasteiger partial charge in [0.25, 0.3) is 5.91 Å². The number of fused-ring (bicyclic) bond motifs is 3. The molecule has 1 fully saturated rings. The Morgan fingerprint density at radius 3 is 2.57 bits per heavy atom. The van der Waals surface area contributed by atoms with Crippen molar-refractivity contribution in [3.63, 3.8) is 0 Å². The molecule has 1 aliphatic heterocycles. The first kappa shape index (κ1) is 30.0. The second-order valence-electron chi connectivity index (χ2n) is 11.4. The molecule has 1 aliphatic carbocycles. The Labute approximate surface area is 234 Å². The molecule has 204 valence electrons. The molecule has 3 unspecified atom stereocenters. The third kappa shape index (κ3) is 6.37. The van der Waals surface area contributed by atoms with Gasteiger partial charge in [-0.1, -0.05) is 101 Å². The van der Waals surface area contributed by atoms with Gasteiger partial charge < -0.3 is 9.64 Å². The molecule has 2 aromatic carbocycles. The van der Waals surface area contributed by atoms with E-state index in [1.54, 1.807) is 0 Å². The predicted molar refractivity (Wildman–Crippen MR) is 157 cm³/mol. The molecule has 1 saturated carbocycles. The summed E-state index contributed by atoms with van der Waals surface area (Å²) in [6.07, 6.45) is 6.46. The lowest BCUT2D eigenvalue weighted by Crippen LogP contribution is -2.45. The molecule has 1 amide bonds. The number of hydrogen-bond donors (Lipinski definition) is 0. The number of carbonyl (C=O) groups is 1. The lowest BCUT2D eigenvalue weighted by molar-refractivity contribution is 0.0623. The summed E-state index contributed by atoms with van der Waals surface area (Å²) >= 11 is 13.8. The highest BCUT2D eigenvalue weighted by atomic mass is 35.5. The average molecular weight is 547 g/mol. The largest absolute Gasteiger partial charge is 0.377 e. The lowest BCUT2D eigenvalue weighted by atomic mass is 9.59. The fraction of sp³-hybridized carbons (Fsp3) is 0.594. The summed E-state index contributed by atoms with van der Waals surface area (Å²) in [5, 5.41) is 1.26. The molecule has 0 radical (unpaired) electrons. The second-order valence-corrected chi connectivity index (χ2v) is 12.2. The lowest BCUT2D eigenvalue weighted by Gasteiger charge is -2.46. The van der Waals surface area contributed by atoms with Gasteiger partial charge in [0.2, 0.25) is 0 Å². The Balaban J connectivity index is 0.00000380. The van der Waals surface area contributed by atoms with Crippen molar-refractivity contribution in [1.82, 2.24) is 4.90 Å². The van der Waals surface area contributed by atoms with Gasteiger partial charge in [-0.3, -0.25) is 4.79 Å². The van der Waals surface area contributed by atoms with Crippen LogP contribution >= 0.6 is 23.2 Å². The normalized spacial score (nSPS) is 23.3. The molecule has 0 N–H and O–H groups in total. The van der Waals surface area contributed by atoms with E-state index in [-0.39, 0.29) is 24.7 Å². The van der Waals surface area contributed by atoms with E-state index in [1.165, 1.54) is 18.4 Å². The SMILES string of the molecule is C.CC(C)c1c(Cl)cc2c(c1Cl)C(=O)N(CCCCCOCc1ccccc1)CC1C(C)CCCC21C. The number of benzene rings is 2. The first-order chi connectivity index (χ1) is 17.2. The third-order valence-electron chi connectivity index (χ3n) is 8.55. The van der Waals surface area contributed by atoms with Crippen molar-refractivity contribution >= 4 is 29.1 Å². The minimum absolute atomic E-state index is 0. The molecule has 0 aromatic heterocycles. The summed E-state index contributed by atoms with van der Waals surface area (Å²) in [5.41, 5.74) is 3.78. The van der Waals surface area contributed by atoms with E-state index >= 15 is 0 Å². The Bertz CT molecular complexity index is 1050. The van der Waals surface area contributed by atoms with Crippen LogP contribution in [0.25, 0.3) is 0 Å². The molecule has 37 heavy (non-hydrogen) atoms. The van der Waals surface area contributed by atoms with Gasteiger partial charge in [0, 0.05) is 24.7 Å². The van der Waals surface area contributed by atoms with Crippen LogP contribution < -0.4 is 0 Å². The van der Waals surface area contributed by atoms with Crippen LogP contribution in [0.2, 0.25) is 10.0 Å². The first-order valence-corrected chi connectivity index (χ1v) is 14.4. The number of nitrogens with zero attached hydrogens (tertiary/aromatic N) is 1. The van der Waals surface area contributed by atoms with Gasteiger partial charge >= 0.3 is 0 Å². The summed E-state index contributed by atoms with van der Waals surface area (Å²) < 4.78 is 5.85. The van der Waals surface area contributed by atoms with Crippen LogP contribution in [-0.4, -0.2) is 30.5 Å². The third-order valence-corrected chi connectivity index (χ3v) is 9.26. The molecule has 2 aromatic rings. The van der Waals surface area contributed by atoms with Crippen molar-refractivity contribution in [1.29, 1.82) is 0 Å². The van der Waals surface area contributed by atoms with Crippen LogP contribution in [0.5, 0.6) is 0 Å². The maximum Gasteiger partial charge on any atom is 0.255 e. The van der Waals surface area contributed by atoms with Crippen molar-refractivity contribution in [3.8, 4) is 0 Å². The topological polar surface area (TPSA) is 29.5 Å². The highest BCUT2D eigenvalue weighted by molar-refractivity contribution is 6.38. The van der Waals surface area contributed by atoms with Crippen LogP contribution in [0.1, 0.15) is 107 Å². The first-order valence-electron chi connectivity index (χ1n) is 13.7. The van der Waals surface area contributed by atoms with Crippen molar-refractivity contribution in [2.24, 2.45) is 11.8 Å². The highest BCUT2D eigenvalue weighted by Crippen LogP contribution is 2.52. The zero-order valence-corrected chi connectivity index (χ0v) is 23.8. The van der Waals surface area contributed by atoms with Crippen molar-refractivity contribution in [2.45, 2.75) is 91.6 Å². The van der Waals surface area contributed by atoms with Crippen molar-refractivity contribution < 1.29 is 9.53 Å². The smallest absolute Gasteiger partial charge is 0.255 e. The number of rotatable bonds is 9. The van der Waals surface area contributed by atoms with E-state index < -0.39 is 0 Å². The molecule has 5 heteroatoms. The fourth-order valence-electron chi connectivity index (χ4n) is 6.46. The van der Waals surface area contributed by atoms with Crippen LogP contribution in [0.3, 0.4) is 0 Å². The molecule has 3 nitrogen and oxygen atoms in total. The van der Waals surface area contributed by atoms with Crippen LogP contribution in [0.15, 0.2) is 36.4 Å². The molecule has 3 atom stereocenters. The van der Waals surface area contributed by atoms with Crippen LogP contribution in [-0.2, 0) is 16.8 Å². The van der Waals surface area contributed by atoms with Gasteiger partial charge in [0.15, 0.2) is 0 Å². The molecule has 4 rings (SSSR count). The van der Waals surface area contributed by atoms with Gasteiger partial charge in [-0.2, -0.15) is 0 Å². The minimum atomic E-state index is -0.0918. The van der Waals surface area contributed by atoms with E-state index in [0.29, 0.717) is 34.1 Å². The second kappa shape index (κ2) is 13.0. The van der Waals surface area contributed by atoms with E-state index in [1.807, 2.05) is 18.2 Å². The average Bonchev–Trinajstić information content (AvgIpc) is 2.93. The molecular weight excluding hydrogens is 501 g/mol. The fourth-order valence-corrected chi connectivity index (χ4v) is 7.44. The van der Waals surface area contributed by atoms with Crippen molar-refractivity contribution in [3.05, 3.63) is 68.7 Å². The Morgan fingerprint density at radius 1 is 1.14 bits per heavy atom. The van der Waals surface area contributed by atoms with Gasteiger partial charge in [0.05, 0.1) is 17.2 Å². The zero-order valence-electron chi connectivity index (χ0n) is 22.3. The van der Waals surface area contributed by atoms with Crippen LogP contribution in [0, 0.1) is 11.8 Å². The van der Waals surface area contributed by atoms with E-state index in [4.69, 9.17) is 27.9 Å². The van der Waals surface area contributed by atoms with Gasteiger partial charge in [-0.25, -0.2) is 0 Å². The van der Waals surface area contributed by atoms with Gasteiger partial charge in [-0.15, -0.1) is 0 Å². The van der Waals surface area contributed by atoms with E-state index in [2.05, 4.69) is 50.8 Å². The number of hydrogen-bond acceptors (Lipinski definition) is 2. The molecular formula is C32H45Cl2NO2. The minimum Gasteiger partial charge on any atom is -0.377 e. The maximum atomic E-state index is 14.0. The van der Waals surface area contributed by atoms with Crippen molar-refractivity contribution in [2.75, 3.05) is 19.7 Å². The maximum absolute atomic E-state index is 14.0. The van der Waals surface area contributed by atoms with Gasteiger partial charge in [-0.05, 0) is 71.6 Å². The highest BCUT2D eigenvalue weighted by Gasteiger charge is 2.48. The Hall–Kier alpha value is -1.55. The molecule has 0 bridgehead atoms. The summed E-state index contributed by atoms with van der Waals surface area (Å²) in [4.78, 5) is 16.1. The molecule has 0 saturated heterocycles. The number of unbranched alkanes of at least 4 members (excludes halogenated alkanes) is 2. The zero-order chi connectivity index (χ0) is 25.9. The van der Waals surface area contributed by atoms with E-state index in [9.17, 15) is 4.79 Å². The molecule has 1 heterocycles. The standard InChI is InChI=1S/C31H41Cl2NO2.CH4/c1-21(2)27-26(32)18-24-28(29(27)33)30(35)34(19-25-22(3)12-11-15-31(24,25)4)16-9-6-10-17-36-20-23-13-7-5-8-14-23;/h5,7-8,13-14,18,21-22,25H,6,9-12,15-17,19-20H2,1-4H3;1H4. The summed E-state index contributed by atoms with van der Waals surface area (Å²) in [6, 6.07) is 12.4. The number of carbonyl (C=O) groups excluding carboxylic acids is 1. The van der Waals surface area contributed by atoms with Crippen LogP contribution in [0.4, 0.5) is 0 Å².